The molecule has 156 valence electrons. The van der Waals surface area contributed by atoms with Gasteiger partial charge in [0.05, 0.1) is 13.2 Å². The van der Waals surface area contributed by atoms with Crippen molar-refractivity contribution in [2.24, 2.45) is 0 Å². The third-order valence-corrected chi connectivity index (χ3v) is 5.58. The number of carbonyl (C=O) groups is 2. The highest BCUT2D eigenvalue weighted by molar-refractivity contribution is 5.87. The van der Waals surface area contributed by atoms with E-state index in [1.807, 2.05) is 11.0 Å². The van der Waals surface area contributed by atoms with E-state index in [-0.39, 0.29) is 30.7 Å². The van der Waals surface area contributed by atoms with Gasteiger partial charge in [-0.3, -0.25) is 4.79 Å². The molecule has 2 aromatic carbocycles. The van der Waals surface area contributed by atoms with Crippen molar-refractivity contribution in [3.05, 3.63) is 64.8 Å². The number of nitrogens with one attached hydrogen (secondary N) is 2. The smallest absolute Gasteiger partial charge is 0.406 e. The molecule has 3 aromatic rings. The monoisotopic (exact) mass is 407 g/mol. The summed E-state index contributed by atoms with van der Waals surface area (Å²) in [6.45, 7) is 2.83. The first kappa shape index (κ1) is 19.8. The van der Waals surface area contributed by atoms with Crippen molar-refractivity contribution in [1.29, 1.82) is 0 Å². The Bertz CT molecular complexity index is 1110. The maximum atomic E-state index is 13.1. The van der Waals surface area contributed by atoms with Crippen LogP contribution in [-0.2, 0) is 16.0 Å². The molecule has 1 aromatic heterocycles. The summed E-state index contributed by atoms with van der Waals surface area (Å²) in [6, 6.07) is 13.0. The molecule has 0 saturated carbocycles. The number of rotatable bonds is 4. The number of nitrogens with zero attached hydrogens (tertiary/aromatic N) is 1. The van der Waals surface area contributed by atoms with Crippen molar-refractivity contribution in [2.45, 2.75) is 25.8 Å². The number of H-pyrrole nitrogens is 1. The van der Waals surface area contributed by atoms with Crippen LogP contribution < -0.4 is 5.32 Å². The highest BCUT2D eigenvalue weighted by Crippen LogP contribution is 2.39. The fraction of sp³-hybridized carbons (Fsp3) is 0.304. The largest absolute Gasteiger partial charge is 0.508 e. The van der Waals surface area contributed by atoms with Crippen LogP contribution >= 0.6 is 0 Å². The fourth-order valence-electron chi connectivity index (χ4n) is 4.20. The lowest BCUT2D eigenvalue weighted by Gasteiger charge is -2.36. The second-order valence-electron chi connectivity index (χ2n) is 7.57. The molecule has 7 heteroatoms. The number of amides is 2. The molecule has 30 heavy (non-hydrogen) atoms. The Morgan fingerprint density at radius 2 is 2.10 bits per heavy atom. The van der Waals surface area contributed by atoms with Crippen LogP contribution in [-0.4, -0.2) is 47.2 Å². The lowest BCUT2D eigenvalue weighted by atomic mass is 9.91. The van der Waals surface area contributed by atoms with E-state index >= 15 is 0 Å². The molecule has 2 amide bonds. The minimum Gasteiger partial charge on any atom is -0.508 e. The van der Waals surface area contributed by atoms with Crippen molar-refractivity contribution in [3.63, 3.8) is 0 Å². The molecule has 7 nitrogen and oxygen atoms in total. The summed E-state index contributed by atoms with van der Waals surface area (Å²) in [5.41, 5.74) is 5.25. The molecular weight excluding hydrogens is 382 g/mol. The van der Waals surface area contributed by atoms with E-state index in [4.69, 9.17) is 0 Å². The molecule has 1 aliphatic heterocycles. The molecule has 0 aliphatic carbocycles. The maximum Gasteiger partial charge on any atom is 0.406 e. The quantitative estimate of drug-likeness (QED) is 0.618. The van der Waals surface area contributed by atoms with Crippen LogP contribution in [0, 0.1) is 6.92 Å². The van der Waals surface area contributed by atoms with Gasteiger partial charge >= 0.3 is 6.09 Å². The lowest BCUT2D eigenvalue weighted by Crippen LogP contribution is -2.42. The predicted octanol–water partition coefficient (Wildman–Crippen LogP) is 3.40. The van der Waals surface area contributed by atoms with Gasteiger partial charge < -0.3 is 25.0 Å². The number of phenols is 1. The number of ether oxygens (including phenoxy) is 1. The number of phenolic OH excluding ortho intramolecular Hbond substituents is 1. The van der Waals surface area contributed by atoms with Crippen molar-refractivity contribution >= 4 is 22.9 Å². The van der Waals surface area contributed by atoms with Crippen LogP contribution in [0.25, 0.3) is 10.9 Å². The summed E-state index contributed by atoms with van der Waals surface area (Å²) in [5.74, 6) is 0.0894. The molecule has 0 fully saturated rings. The second kappa shape index (κ2) is 8.10. The number of benzene rings is 2. The summed E-state index contributed by atoms with van der Waals surface area (Å²) in [6.07, 6.45) is 0.350. The van der Waals surface area contributed by atoms with Crippen LogP contribution in [0.3, 0.4) is 0 Å². The Balaban J connectivity index is 1.71. The summed E-state index contributed by atoms with van der Waals surface area (Å²) in [7, 11) is 1.29. The van der Waals surface area contributed by atoms with E-state index in [0.29, 0.717) is 6.54 Å². The number of aromatic amines is 1. The van der Waals surface area contributed by atoms with Gasteiger partial charge in [-0.25, -0.2) is 4.79 Å². The first-order chi connectivity index (χ1) is 14.5. The van der Waals surface area contributed by atoms with Gasteiger partial charge in [0, 0.05) is 36.1 Å². The zero-order chi connectivity index (χ0) is 21.3. The van der Waals surface area contributed by atoms with Gasteiger partial charge in [0.15, 0.2) is 0 Å². The lowest BCUT2D eigenvalue weighted by molar-refractivity contribution is -0.133. The van der Waals surface area contributed by atoms with E-state index < -0.39 is 6.09 Å². The SMILES string of the molecule is COC(=O)NCCC(=O)N1CCc2c([nH]c3ccc(C)cc23)C1c1cccc(O)c1. The number of aromatic nitrogens is 1. The van der Waals surface area contributed by atoms with Gasteiger partial charge in [-0.05, 0) is 48.7 Å². The number of methoxy groups -OCH3 is 1. The molecule has 0 spiro atoms. The molecule has 0 bridgehead atoms. The van der Waals surface area contributed by atoms with E-state index in [9.17, 15) is 14.7 Å². The fourth-order valence-corrected chi connectivity index (χ4v) is 4.20. The Hall–Kier alpha value is -3.48. The summed E-state index contributed by atoms with van der Waals surface area (Å²) in [5, 5.41) is 13.8. The van der Waals surface area contributed by atoms with E-state index in [0.717, 1.165) is 23.2 Å². The zero-order valence-electron chi connectivity index (χ0n) is 17.1. The second-order valence-corrected chi connectivity index (χ2v) is 7.57. The van der Waals surface area contributed by atoms with Crippen LogP contribution in [0.1, 0.15) is 34.8 Å². The first-order valence-corrected chi connectivity index (χ1v) is 9.99. The minimum absolute atomic E-state index is 0.0692. The number of hydrogen-bond acceptors (Lipinski definition) is 4. The predicted molar refractivity (Wildman–Crippen MR) is 113 cm³/mol. The molecule has 0 saturated heterocycles. The Kier molecular flexibility index (Phi) is 5.35. The third kappa shape index (κ3) is 3.70. The van der Waals surface area contributed by atoms with Crippen molar-refractivity contribution in [2.75, 3.05) is 20.2 Å². The zero-order valence-corrected chi connectivity index (χ0v) is 17.1. The van der Waals surface area contributed by atoms with Gasteiger partial charge in [-0.15, -0.1) is 0 Å². The van der Waals surface area contributed by atoms with Gasteiger partial charge in [0.1, 0.15) is 5.75 Å². The molecule has 3 N–H and O–H groups in total. The summed E-state index contributed by atoms with van der Waals surface area (Å²) in [4.78, 5) is 29.7. The number of carbonyl (C=O) groups excluding carboxylic acids is 2. The van der Waals surface area contributed by atoms with Crippen molar-refractivity contribution in [1.82, 2.24) is 15.2 Å². The Labute approximate surface area is 174 Å². The maximum absolute atomic E-state index is 13.1. The van der Waals surface area contributed by atoms with Crippen LogP contribution in [0.5, 0.6) is 5.75 Å². The highest BCUT2D eigenvalue weighted by Gasteiger charge is 2.34. The molecule has 4 rings (SSSR count). The number of aromatic hydroxyl groups is 1. The van der Waals surface area contributed by atoms with Crippen molar-refractivity contribution < 1.29 is 19.4 Å². The van der Waals surface area contributed by atoms with E-state index in [1.54, 1.807) is 18.2 Å². The molecule has 0 radical (unpaired) electrons. The Morgan fingerprint density at radius 3 is 2.87 bits per heavy atom. The minimum atomic E-state index is -0.556. The van der Waals surface area contributed by atoms with Crippen LogP contribution in [0.2, 0.25) is 0 Å². The number of aryl methyl sites for hydroxylation is 1. The van der Waals surface area contributed by atoms with Crippen molar-refractivity contribution in [3.8, 4) is 5.75 Å². The molecule has 1 atom stereocenters. The van der Waals surface area contributed by atoms with E-state index in [2.05, 4.69) is 40.2 Å². The number of fused-ring (bicyclic) bond motifs is 3. The number of hydrogen-bond donors (Lipinski definition) is 3. The van der Waals surface area contributed by atoms with E-state index in [1.165, 1.54) is 23.6 Å². The molecule has 2 heterocycles. The summed E-state index contributed by atoms with van der Waals surface area (Å²) >= 11 is 0. The average molecular weight is 407 g/mol. The molecule has 1 unspecified atom stereocenters. The highest BCUT2D eigenvalue weighted by atomic mass is 16.5. The molecule has 1 aliphatic rings. The van der Waals surface area contributed by atoms with Gasteiger partial charge in [0.2, 0.25) is 5.91 Å². The van der Waals surface area contributed by atoms with Gasteiger partial charge in [-0.2, -0.15) is 0 Å². The summed E-state index contributed by atoms with van der Waals surface area (Å²) < 4.78 is 4.56. The van der Waals surface area contributed by atoms with Crippen LogP contribution in [0.4, 0.5) is 4.79 Å². The van der Waals surface area contributed by atoms with Crippen LogP contribution in [0.15, 0.2) is 42.5 Å². The third-order valence-electron chi connectivity index (χ3n) is 5.58. The first-order valence-electron chi connectivity index (χ1n) is 9.99. The topological polar surface area (TPSA) is 94.7 Å². The standard InChI is InChI=1S/C23H25N3O4/c1-14-6-7-19-18(12-14)17-9-11-26(20(28)8-10-24-23(29)30-2)22(21(17)25-19)15-4-3-5-16(27)13-15/h3-7,12-13,22,25,27H,8-11H2,1-2H3,(H,24,29). The van der Waals surface area contributed by atoms with Gasteiger partial charge in [-0.1, -0.05) is 23.8 Å². The Morgan fingerprint density at radius 1 is 1.27 bits per heavy atom. The number of alkyl carbamates (subject to hydrolysis) is 1. The normalized spacial score (nSPS) is 15.7. The van der Waals surface area contributed by atoms with Gasteiger partial charge in [0.25, 0.3) is 0 Å². The average Bonchev–Trinajstić information content (AvgIpc) is 3.10. The molecular formula is C23H25N3O4.